The largest absolute Gasteiger partial charge is 0.302 e. The second-order valence-electron chi connectivity index (χ2n) is 4.94. The van der Waals surface area contributed by atoms with Crippen LogP contribution in [0.15, 0.2) is 30.3 Å². The molecule has 1 aromatic carbocycles. The molecule has 0 aliphatic carbocycles. The van der Waals surface area contributed by atoms with Crippen molar-refractivity contribution in [2.24, 2.45) is 0 Å². The first-order valence-electron chi connectivity index (χ1n) is 6.55. The zero-order chi connectivity index (χ0) is 12.1. The average Bonchev–Trinajstić information content (AvgIpc) is 2.38. The lowest BCUT2D eigenvalue weighted by Crippen LogP contribution is -2.35. The van der Waals surface area contributed by atoms with Crippen molar-refractivity contribution in [2.75, 3.05) is 19.6 Å². The quantitative estimate of drug-likeness (QED) is 0.835. The van der Waals surface area contributed by atoms with Crippen molar-refractivity contribution in [1.82, 2.24) is 4.90 Å². The number of benzene rings is 1. The lowest BCUT2D eigenvalue weighted by atomic mass is 9.94. The highest BCUT2D eigenvalue weighted by molar-refractivity contribution is 5.85. The molecule has 100 valence electrons. The van der Waals surface area contributed by atoms with Gasteiger partial charge in [0.05, 0.1) is 5.92 Å². The van der Waals surface area contributed by atoms with Crippen molar-refractivity contribution < 1.29 is 4.79 Å². The highest BCUT2D eigenvalue weighted by atomic mass is 35.5. The number of hydrogen-bond acceptors (Lipinski definition) is 2. The third-order valence-electron chi connectivity index (χ3n) is 3.58. The zero-order valence-electron chi connectivity index (χ0n) is 11.0. The van der Waals surface area contributed by atoms with Gasteiger partial charge in [-0.05, 0) is 38.4 Å². The fraction of sp³-hybridized carbons (Fsp3) is 0.533. The Hall–Kier alpha value is -0.860. The van der Waals surface area contributed by atoms with E-state index in [1.807, 2.05) is 18.2 Å². The molecule has 3 heteroatoms. The predicted molar refractivity (Wildman–Crippen MR) is 77.4 cm³/mol. The maximum Gasteiger partial charge on any atom is 0.138 e. The first-order chi connectivity index (χ1) is 8.27. The Morgan fingerprint density at radius 2 is 1.78 bits per heavy atom. The molecule has 0 spiro atoms. The molecule has 0 N–H and O–H groups in total. The zero-order valence-corrected chi connectivity index (χ0v) is 11.8. The van der Waals surface area contributed by atoms with Crippen LogP contribution in [0.3, 0.4) is 0 Å². The third kappa shape index (κ3) is 4.11. The molecule has 2 nitrogen and oxygen atoms in total. The maximum atomic E-state index is 11.8. The van der Waals surface area contributed by atoms with Crippen molar-refractivity contribution in [3.63, 3.8) is 0 Å². The number of ketones is 1. The van der Waals surface area contributed by atoms with Gasteiger partial charge < -0.3 is 4.90 Å². The first kappa shape index (κ1) is 15.2. The lowest BCUT2D eigenvalue weighted by molar-refractivity contribution is -0.118. The van der Waals surface area contributed by atoms with Gasteiger partial charge in [0.1, 0.15) is 5.78 Å². The van der Waals surface area contributed by atoms with Crippen molar-refractivity contribution >= 4 is 18.2 Å². The Labute approximate surface area is 116 Å². The van der Waals surface area contributed by atoms with E-state index in [0.717, 1.165) is 25.2 Å². The minimum absolute atomic E-state index is 0. The van der Waals surface area contributed by atoms with Crippen LogP contribution in [0.1, 0.15) is 37.7 Å². The van der Waals surface area contributed by atoms with Gasteiger partial charge in [0, 0.05) is 6.54 Å². The summed E-state index contributed by atoms with van der Waals surface area (Å²) in [5.41, 5.74) is 1.16. The Kier molecular flexibility index (Phi) is 6.37. The SMILES string of the molecule is CC(=O)C(CN1CCCCC1)c1ccccc1.Cl. The molecule has 2 rings (SSSR count). The molecule has 1 aliphatic heterocycles. The van der Waals surface area contributed by atoms with E-state index in [4.69, 9.17) is 0 Å². The Bertz CT molecular complexity index is 360. The highest BCUT2D eigenvalue weighted by Crippen LogP contribution is 2.20. The van der Waals surface area contributed by atoms with E-state index in [-0.39, 0.29) is 24.1 Å². The molecule has 0 saturated carbocycles. The summed E-state index contributed by atoms with van der Waals surface area (Å²) in [6.07, 6.45) is 3.89. The second-order valence-corrected chi connectivity index (χ2v) is 4.94. The summed E-state index contributed by atoms with van der Waals surface area (Å²) in [6, 6.07) is 10.2. The Balaban J connectivity index is 0.00000162. The number of likely N-dealkylation sites (tertiary alicyclic amines) is 1. The summed E-state index contributed by atoms with van der Waals surface area (Å²) in [7, 11) is 0. The molecule has 1 saturated heterocycles. The fourth-order valence-electron chi connectivity index (χ4n) is 2.55. The maximum absolute atomic E-state index is 11.8. The smallest absolute Gasteiger partial charge is 0.138 e. The van der Waals surface area contributed by atoms with Gasteiger partial charge in [-0.1, -0.05) is 36.8 Å². The molecule has 1 atom stereocenters. The monoisotopic (exact) mass is 267 g/mol. The topological polar surface area (TPSA) is 20.3 Å². The number of carbonyl (C=O) groups is 1. The normalized spacial score (nSPS) is 17.8. The molecule has 1 aromatic rings. The Morgan fingerprint density at radius 1 is 1.17 bits per heavy atom. The van der Waals surface area contributed by atoms with Gasteiger partial charge in [0.2, 0.25) is 0 Å². The summed E-state index contributed by atoms with van der Waals surface area (Å²) in [5, 5.41) is 0. The number of piperidine rings is 1. The van der Waals surface area contributed by atoms with E-state index in [2.05, 4.69) is 17.0 Å². The standard InChI is InChI=1S/C15H21NO.ClH/c1-13(17)15(14-8-4-2-5-9-14)12-16-10-6-3-7-11-16;/h2,4-5,8-9,15H,3,6-7,10-12H2,1H3;1H. The first-order valence-corrected chi connectivity index (χ1v) is 6.55. The number of Topliss-reactive ketones (excluding diaryl/α,β-unsaturated/α-hetero) is 1. The summed E-state index contributed by atoms with van der Waals surface area (Å²) in [6.45, 7) is 4.90. The van der Waals surface area contributed by atoms with Crippen molar-refractivity contribution in [2.45, 2.75) is 32.1 Å². The van der Waals surface area contributed by atoms with Crippen molar-refractivity contribution in [3.8, 4) is 0 Å². The van der Waals surface area contributed by atoms with E-state index >= 15 is 0 Å². The van der Waals surface area contributed by atoms with Crippen molar-refractivity contribution in [1.29, 1.82) is 0 Å². The van der Waals surface area contributed by atoms with Gasteiger partial charge in [-0.25, -0.2) is 0 Å². The molecule has 1 fully saturated rings. The van der Waals surface area contributed by atoms with E-state index in [1.54, 1.807) is 6.92 Å². The lowest BCUT2D eigenvalue weighted by Gasteiger charge is -2.29. The number of hydrogen-bond donors (Lipinski definition) is 0. The van der Waals surface area contributed by atoms with Gasteiger partial charge in [-0.2, -0.15) is 0 Å². The Morgan fingerprint density at radius 3 is 2.33 bits per heavy atom. The third-order valence-corrected chi connectivity index (χ3v) is 3.58. The van der Waals surface area contributed by atoms with Crippen LogP contribution in [0, 0.1) is 0 Å². The van der Waals surface area contributed by atoms with Gasteiger partial charge in [-0.3, -0.25) is 4.79 Å². The minimum atomic E-state index is 0. The number of rotatable bonds is 4. The van der Waals surface area contributed by atoms with Crippen LogP contribution in [0.5, 0.6) is 0 Å². The van der Waals surface area contributed by atoms with Gasteiger partial charge in [-0.15, -0.1) is 12.4 Å². The van der Waals surface area contributed by atoms with Gasteiger partial charge >= 0.3 is 0 Å². The van der Waals surface area contributed by atoms with Crippen LogP contribution < -0.4 is 0 Å². The minimum Gasteiger partial charge on any atom is -0.302 e. The van der Waals surface area contributed by atoms with Crippen LogP contribution in [0.4, 0.5) is 0 Å². The number of nitrogens with zero attached hydrogens (tertiary/aromatic N) is 1. The van der Waals surface area contributed by atoms with Crippen LogP contribution in [-0.2, 0) is 4.79 Å². The molecule has 1 heterocycles. The molecular weight excluding hydrogens is 246 g/mol. The van der Waals surface area contributed by atoms with E-state index in [0.29, 0.717) is 0 Å². The van der Waals surface area contributed by atoms with E-state index in [1.165, 1.54) is 19.3 Å². The molecule has 1 unspecified atom stereocenters. The number of halogens is 1. The van der Waals surface area contributed by atoms with Gasteiger partial charge in [0.15, 0.2) is 0 Å². The summed E-state index contributed by atoms with van der Waals surface area (Å²) in [4.78, 5) is 14.2. The molecular formula is C15H22ClNO. The molecule has 1 aliphatic rings. The van der Waals surface area contributed by atoms with E-state index < -0.39 is 0 Å². The molecule has 0 amide bonds. The van der Waals surface area contributed by atoms with Crippen LogP contribution in [-0.4, -0.2) is 30.3 Å². The van der Waals surface area contributed by atoms with E-state index in [9.17, 15) is 4.79 Å². The fourth-order valence-corrected chi connectivity index (χ4v) is 2.55. The predicted octanol–water partition coefficient (Wildman–Crippen LogP) is 3.27. The van der Waals surface area contributed by atoms with Gasteiger partial charge in [0.25, 0.3) is 0 Å². The molecule has 0 bridgehead atoms. The summed E-state index contributed by atoms with van der Waals surface area (Å²) >= 11 is 0. The molecule has 18 heavy (non-hydrogen) atoms. The summed E-state index contributed by atoms with van der Waals surface area (Å²) < 4.78 is 0. The molecule has 0 aromatic heterocycles. The average molecular weight is 268 g/mol. The van der Waals surface area contributed by atoms with Crippen molar-refractivity contribution in [3.05, 3.63) is 35.9 Å². The molecule has 0 radical (unpaired) electrons. The number of carbonyl (C=O) groups excluding carboxylic acids is 1. The second kappa shape index (κ2) is 7.55. The summed E-state index contributed by atoms with van der Waals surface area (Å²) in [5.74, 6) is 0.330. The van der Waals surface area contributed by atoms with Crippen LogP contribution in [0.2, 0.25) is 0 Å². The highest BCUT2D eigenvalue weighted by Gasteiger charge is 2.21. The van der Waals surface area contributed by atoms with Crippen LogP contribution >= 0.6 is 12.4 Å². The van der Waals surface area contributed by atoms with Crippen LogP contribution in [0.25, 0.3) is 0 Å².